The fourth-order valence-corrected chi connectivity index (χ4v) is 3.69. The molecule has 154 valence electrons. The van der Waals surface area contributed by atoms with Gasteiger partial charge >= 0.3 is 0 Å². The van der Waals surface area contributed by atoms with Gasteiger partial charge in [0.05, 0.1) is 26.5 Å². The first kappa shape index (κ1) is 19.8. The van der Waals surface area contributed by atoms with E-state index in [0.29, 0.717) is 37.5 Å². The highest BCUT2D eigenvalue weighted by Crippen LogP contribution is 2.39. The Morgan fingerprint density at radius 3 is 2.40 bits per heavy atom. The molecule has 3 aromatic carbocycles. The summed E-state index contributed by atoms with van der Waals surface area (Å²) in [4.78, 5) is 14.6. The summed E-state index contributed by atoms with van der Waals surface area (Å²) in [5.74, 6) is 2.19. The molecule has 4 rings (SSSR count). The van der Waals surface area contributed by atoms with Gasteiger partial charge in [-0.15, -0.1) is 0 Å². The van der Waals surface area contributed by atoms with Gasteiger partial charge in [0.1, 0.15) is 12.4 Å². The summed E-state index contributed by atoms with van der Waals surface area (Å²) < 4.78 is 16.9. The lowest BCUT2D eigenvalue weighted by molar-refractivity contribution is -0.119. The number of anilines is 1. The first-order valence-corrected chi connectivity index (χ1v) is 9.99. The molecule has 1 aliphatic rings. The van der Waals surface area contributed by atoms with Crippen molar-refractivity contribution in [1.29, 1.82) is 0 Å². The Labute approximate surface area is 176 Å². The SMILES string of the molecule is COc1cccc(CN2C(=O)CCc3cc(OCc4ccccc4)c(OC)cc32)c1. The number of hydrogen-bond donors (Lipinski definition) is 0. The number of rotatable bonds is 7. The second-order valence-electron chi connectivity index (χ2n) is 7.24. The summed E-state index contributed by atoms with van der Waals surface area (Å²) in [6.07, 6.45) is 1.16. The maximum Gasteiger partial charge on any atom is 0.227 e. The standard InChI is InChI=1S/C25H25NO4/c1-28-21-10-6-9-19(13-21)16-26-22-15-23(29-2)24(14-20(22)11-12-25(26)27)30-17-18-7-4-3-5-8-18/h3-10,13-15H,11-12,16-17H2,1-2H3. The minimum absolute atomic E-state index is 0.102. The molecule has 1 aliphatic heterocycles. The first-order chi connectivity index (χ1) is 14.7. The minimum atomic E-state index is 0.102. The van der Waals surface area contributed by atoms with Crippen LogP contribution in [-0.4, -0.2) is 20.1 Å². The molecule has 1 heterocycles. The van der Waals surface area contributed by atoms with Gasteiger partial charge in [-0.3, -0.25) is 4.79 Å². The number of amides is 1. The molecule has 0 bridgehead atoms. The number of aryl methyl sites for hydroxylation is 1. The number of nitrogens with zero attached hydrogens (tertiary/aromatic N) is 1. The Kier molecular flexibility index (Phi) is 5.89. The normalized spacial score (nSPS) is 13.0. The van der Waals surface area contributed by atoms with Crippen LogP contribution in [0.1, 0.15) is 23.1 Å². The predicted octanol–water partition coefficient (Wildman–Crippen LogP) is 4.76. The summed E-state index contributed by atoms with van der Waals surface area (Å²) in [6.45, 7) is 0.943. The van der Waals surface area contributed by atoms with E-state index in [1.165, 1.54) is 0 Å². The van der Waals surface area contributed by atoms with Crippen LogP contribution >= 0.6 is 0 Å². The third-order valence-electron chi connectivity index (χ3n) is 5.28. The summed E-state index contributed by atoms with van der Waals surface area (Å²) in [5, 5.41) is 0. The van der Waals surface area contributed by atoms with Gasteiger partial charge in [0, 0.05) is 12.5 Å². The van der Waals surface area contributed by atoms with Crippen LogP contribution in [0.3, 0.4) is 0 Å². The zero-order valence-electron chi connectivity index (χ0n) is 17.3. The Hall–Kier alpha value is -3.47. The molecule has 0 aliphatic carbocycles. The van der Waals surface area contributed by atoms with Crippen LogP contribution in [0, 0.1) is 0 Å². The van der Waals surface area contributed by atoms with E-state index in [0.717, 1.165) is 28.1 Å². The van der Waals surface area contributed by atoms with Gasteiger partial charge in [-0.2, -0.15) is 0 Å². The molecule has 0 saturated carbocycles. The average molecular weight is 403 g/mol. The average Bonchev–Trinajstić information content (AvgIpc) is 2.80. The van der Waals surface area contributed by atoms with Crippen LogP contribution < -0.4 is 19.1 Å². The highest BCUT2D eigenvalue weighted by Gasteiger charge is 2.26. The topological polar surface area (TPSA) is 48.0 Å². The molecular weight excluding hydrogens is 378 g/mol. The highest BCUT2D eigenvalue weighted by molar-refractivity contribution is 5.96. The molecule has 0 radical (unpaired) electrons. The summed E-state index contributed by atoms with van der Waals surface area (Å²) >= 11 is 0. The molecule has 5 heteroatoms. The monoisotopic (exact) mass is 403 g/mol. The fourth-order valence-electron chi connectivity index (χ4n) is 3.69. The molecule has 5 nitrogen and oxygen atoms in total. The van der Waals surface area contributed by atoms with E-state index in [4.69, 9.17) is 14.2 Å². The molecule has 0 saturated heterocycles. The van der Waals surface area contributed by atoms with Crippen molar-refractivity contribution in [2.45, 2.75) is 26.0 Å². The zero-order valence-corrected chi connectivity index (χ0v) is 17.3. The summed E-state index contributed by atoms with van der Waals surface area (Å²) in [6, 6.07) is 21.7. The van der Waals surface area contributed by atoms with Gasteiger partial charge < -0.3 is 19.1 Å². The zero-order chi connectivity index (χ0) is 20.9. The Balaban J connectivity index is 1.61. The lowest BCUT2D eigenvalue weighted by atomic mass is 9.99. The van der Waals surface area contributed by atoms with Crippen molar-refractivity contribution in [3.8, 4) is 17.2 Å². The van der Waals surface area contributed by atoms with Gasteiger partial charge in [-0.25, -0.2) is 0 Å². The number of benzene rings is 3. The van der Waals surface area contributed by atoms with Crippen LogP contribution in [-0.2, 0) is 24.4 Å². The van der Waals surface area contributed by atoms with E-state index in [1.54, 1.807) is 14.2 Å². The van der Waals surface area contributed by atoms with E-state index in [1.807, 2.05) is 71.6 Å². The molecule has 0 fully saturated rings. The van der Waals surface area contributed by atoms with E-state index in [2.05, 4.69) is 0 Å². The number of methoxy groups -OCH3 is 2. The van der Waals surface area contributed by atoms with Crippen LogP contribution in [0.5, 0.6) is 17.2 Å². The minimum Gasteiger partial charge on any atom is -0.497 e. The first-order valence-electron chi connectivity index (χ1n) is 9.99. The van der Waals surface area contributed by atoms with Crippen molar-refractivity contribution in [2.75, 3.05) is 19.1 Å². The number of carbonyl (C=O) groups is 1. The Bertz CT molecular complexity index is 1030. The van der Waals surface area contributed by atoms with Crippen LogP contribution in [0.25, 0.3) is 0 Å². The maximum atomic E-state index is 12.7. The third kappa shape index (κ3) is 4.25. The number of hydrogen-bond acceptors (Lipinski definition) is 4. The van der Waals surface area contributed by atoms with Crippen molar-refractivity contribution in [3.05, 3.63) is 83.4 Å². The molecule has 0 aromatic heterocycles. The molecule has 0 unspecified atom stereocenters. The Morgan fingerprint density at radius 2 is 1.63 bits per heavy atom. The number of fused-ring (bicyclic) bond motifs is 1. The van der Waals surface area contributed by atoms with Crippen molar-refractivity contribution >= 4 is 11.6 Å². The van der Waals surface area contributed by atoms with Gasteiger partial charge in [0.2, 0.25) is 5.91 Å². The maximum absolute atomic E-state index is 12.7. The summed E-state index contributed by atoms with van der Waals surface area (Å²) in [7, 11) is 3.26. The van der Waals surface area contributed by atoms with E-state index in [-0.39, 0.29) is 5.91 Å². The molecule has 3 aromatic rings. The Morgan fingerprint density at radius 1 is 0.833 bits per heavy atom. The fraction of sp³-hybridized carbons (Fsp3) is 0.240. The van der Waals surface area contributed by atoms with Gasteiger partial charge in [-0.05, 0) is 41.3 Å². The molecule has 0 spiro atoms. The highest BCUT2D eigenvalue weighted by atomic mass is 16.5. The van der Waals surface area contributed by atoms with Crippen LogP contribution in [0.2, 0.25) is 0 Å². The lowest BCUT2D eigenvalue weighted by Gasteiger charge is -2.30. The van der Waals surface area contributed by atoms with Crippen molar-refractivity contribution in [1.82, 2.24) is 0 Å². The van der Waals surface area contributed by atoms with Crippen LogP contribution in [0.4, 0.5) is 5.69 Å². The van der Waals surface area contributed by atoms with E-state index < -0.39 is 0 Å². The quantitative estimate of drug-likeness (QED) is 0.571. The third-order valence-corrected chi connectivity index (χ3v) is 5.28. The number of ether oxygens (including phenoxy) is 3. The lowest BCUT2D eigenvalue weighted by Crippen LogP contribution is -2.34. The van der Waals surface area contributed by atoms with E-state index in [9.17, 15) is 4.79 Å². The van der Waals surface area contributed by atoms with Crippen molar-refractivity contribution < 1.29 is 19.0 Å². The molecule has 30 heavy (non-hydrogen) atoms. The van der Waals surface area contributed by atoms with E-state index >= 15 is 0 Å². The van der Waals surface area contributed by atoms with Gasteiger partial charge in [0.15, 0.2) is 11.5 Å². The predicted molar refractivity (Wildman–Crippen MR) is 116 cm³/mol. The second kappa shape index (κ2) is 8.91. The van der Waals surface area contributed by atoms with Gasteiger partial charge in [-0.1, -0.05) is 42.5 Å². The molecular formula is C25H25NO4. The smallest absolute Gasteiger partial charge is 0.227 e. The van der Waals surface area contributed by atoms with Crippen molar-refractivity contribution in [3.63, 3.8) is 0 Å². The number of carbonyl (C=O) groups excluding carboxylic acids is 1. The largest absolute Gasteiger partial charge is 0.497 e. The van der Waals surface area contributed by atoms with Gasteiger partial charge in [0.25, 0.3) is 0 Å². The molecule has 1 amide bonds. The molecule has 0 atom stereocenters. The molecule has 0 N–H and O–H groups in total. The second-order valence-corrected chi connectivity index (χ2v) is 7.24. The van der Waals surface area contributed by atoms with Crippen molar-refractivity contribution in [2.24, 2.45) is 0 Å². The van der Waals surface area contributed by atoms with Crippen LogP contribution in [0.15, 0.2) is 66.7 Å². The summed E-state index contributed by atoms with van der Waals surface area (Å²) in [5.41, 5.74) is 4.06.